The van der Waals surface area contributed by atoms with Crippen LogP contribution in [-0.4, -0.2) is 30.1 Å². The van der Waals surface area contributed by atoms with Gasteiger partial charge < -0.3 is 15.3 Å². The highest BCUT2D eigenvalue weighted by atomic mass is 35.5. The fourth-order valence-corrected chi connectivity index (χ4v) is 3.72. The Morgan fingerprint density at radius 2 is 1.68 bits per heavy atom. The van der Waals surface area contributed by atoms with Crippen molar-refractivity contribution in [2.75, 3.05) is 17.3 Å². The summed E-state index contributed by atoms with van der Waals surface area (Å²) in [7, 11) is 1.64. The van der Waals surface area contributed by atoms with E-state index in [-0.39, 0.29) is 23.8 Å². The summed E-state index contributed by atoms with van der Waals surface area (Å²) in [5.74, 6) is -3.95. The predicted octanol–water partition coefficient (Wildman–Crippen LogP) is 5.58. The number of alkyl halides is 2. The number of carbonyl (C=O) groups is 2. The Balaban J connectivity index is 1.62. The molecule has 0 radical (unpaired) electrons. The van der Waals surface area contributed by atoms with Crippen molar-refractivity contribution in [2.24, 2.45) is 0 Å². The van der Waals surface area contributed by atoms with Crippen molar-refractivity contribution in [3.8, 4) is 0 Å². The summed E-state index contributed by atoms with van der Waals surface area (Å²) in [5.41, 5.74) is 2.73. The number of anilines is 2. The van der Waals surface area contributed by atoms with Gasteiger partial charge in [0.05, 0.1) is 17.1 Å². The summed E-state index contributed by atoms with van der Waals surface area (Å²) in [5, 5.41) is 12.4. The molecule has 3 rings (SSSR count). The smallest absolute Gasteiger partial charge is 0.298 e. The van der Waals surface area contributed by atoms with Gasteiger partial charge in [0.25, 0.3) is 11.8 Å². The van der Waals surface area contributed by atoms with Gasteiger partial charge in [-0.15, -0.1) is 0 Å². The Labute approximate surface area is 202 Å². The van der Waals surface area contributed by atoms with Crippen molar-refractivity contribution in [1.29, 1.82) is 0 Å². The maximum atomic E-state index is 13.9. The summed E-state index contributed by atoms with van der Waals surface area (Å²) in [6.07, 6.45) is -1.83. The van der Waals surface area contributed by atoms with E-state index in [2.05, 4.69) is 5.32 Å². The zero-order chi connectivity index (χ0) is 25.0. The third-order valence-electron chi connectivity index (χ3n) is 5.41. The highest BCUT2D eigenvalue weighted by molar-refractivity contribution is 6.34. The van der Waals surface area contributed by atoms with Gasteiger partial charge in [-0.1, -0.05) is 41.9 Å². The molecule has 0 aliphatic rings. The van der Waals surface area contributed by atoms with Gasteiger partial charge in [-0.2, -0.15) is 8.78 Å². The predicted molar refractivity (Wildman–Crippen MR) is 130 cm³/mol. The number of carbonyl (C=O) groups excluding carboxylic acids is 2. The molecule has 0 aliphatic heterocycles. The molecule has 0 heterocycles. The lowest BCUT2D eigenvalue weighted by Crippen LogP contribution is -2.27. The number of aliphatic hydroxyl groups excluding tert-OH is 1. The van der Waals surface area contributed by atoms with Gasteiger partial charge in [0.2, 0.25) is 5.91 Å². The van der Waals surface area contributed by atoms with Crippen LogP contribution in [0.5, 0.6) is 0 Å². The fourth-order valence-electron chi connectivity index (χ4n) is 3.36. The summed E-state index contributed by atoms with van der Waals surface area (Å²) in [6.45, 7) is 2.94. The van der Waals surface area contributed by atoms with Crippen LogP contribution in [0.1, 0.15) is 34.0 Å². The Kier molecular flexibility index (Phi) is 7.69. The summed E-state index contributed by atoms with van der Waals surface area (Å²) >= 11 is 6.26. The molecule has 2 N–H and O–H groups in total. The van der Waals surface area contributed by atoms with E-state index in [0.717, 1.165) is 12.5 Å². The first-order valence-electron chi connectivity index (χ1n) is 10.6. The first-order chi connectivity index (χ1) is 16.0. The molecule has 0 spiro atoms. The second-order valence-electron chi connectivity index (χ2n) is 8.12. The van der Waals surface area contributed by atoms with E-state index >= 15 is 0 Å². The molecular weight excluding hydrogens is 462 g/mol. The highest BCUT2D eigenvalue weighted by Crippen LogP contribution is 2.32. The molecule has 0 aliphatic carbocycles. The number of amides is 2. The second-order valence-corrected chi connectivity index (χ2v) is 8.52. The lowest BCUT2D eigenvalue weighted by molar-refractivity contribution is -0.115. The largest absolute Gasteiger partial charge is 0.387 e. The number of nitrogens with one attached hydrogen (secondary N) is 1. The number of hydrogen-bond acceptors (Lipinski definition) is 3. The first kappa shape index (κ1) is 25.3. The number of hydrogen-bond donors (Lipinski definition) is 2. The van der Waals surface area contributed by atoms with Gasteiger partial charge in [0.1, 0.15) is 6.10 Å². The number of aliphatic hydroxyl groups is 1. The Bertz CT molecular complexity index is 1180. The van der Waals surface area contributed by atoms with E-state index in [0.29, 0.717) is 27.5 Å². The maximum absolute atomic E-state index is 13.9. The van der Waals surface area contributed by atoms with Crippen LogP contribution in [-0.2, 0) is 17.1 Å². The van der Waals surface area contributed by atoms with Crippen LogP contribution in [0.2, 0.25) is 5.02 Å². The molecular formula is C26H25ClF2N2O3. The first-order valence-corrected chi connectivity index (χ1v) is 11.0. The summed E-state index contributed by atoms with van der Waals surface area (Å²) < 4.78 is 27.7. The molecule has 1 unspecified atom stereocenters. The molecule has 178 valence electrons. The molecule has 1 atom stereocenters. The lowest BCUT2D eigenvalue weighted by atomic mass is 10.0. The summed E-state index contributed by atoms with van der Waals surface area (Å²) in [6, 6.07) is 17.1. The number of nitrogens with zero attached hydrogens (tertiary/aromatic N) is 1. The van der Waals surface area contributed by atoms with E-state index in [1.807, 2.05) is 13.0 Å². The average molecular weight is 487 g/mol. The van der Waals surface area contributed by atoms with Crippen molar-refractivity contribution in [3.05, 3.63) is 94.0 Å². The van der Waals surface area contributed by atoms with Crippen LogP contribution < -0.4 is 10.2 Å². The van der Waals surface area contributed by atoms with Crippen molar-refractivity contribution in [1.82, 2.24) is 0 Å². The molecule has 5 nitrogen and oxygen atoms in total. The number of rotatable bonds is 7. The van der Waals surface area contributed by atoms with Crippen LogP contribution in [0.25, 0.3) is 0 Å². The summed E-state index contributed by atoms with van der Waals surface area (Å²) in [4.78, 5) is 26.6. The molecule has 8 heteroatoms. The molecule has 3 aromatic rings. The molecule has 0 fully saturated rings. The van der Waals surface area contributed by atoms with Crippen LogP contribution in [0, 0.1) is 6.92 Å². The van der Waals surface area contributed by atoms with Crippen molar-refractivity contribution in [2.45, 2.75) is 32.3 Å². The standard InChI is InChI=1S/C26H25ClF2N2O3/c1-16-4-13-23(22(27)14-16)31(3)25(34)19-7-11-21(12-8-19)30-24(33)15-18-5-9-20(10-6-18)26(28,29)17(2)32/h4-14,17,32H,15H2,1-3H3,(H,30,33). The number of benzene rings is 3. The molecule has 0 saturated carbocycles. The minimum Gasteiger partial charge on any atom is -0.387 e. The van der Waals surface area contributed by atoms with Crippen LogP contribution in [0.3, 0.4) is 0 Å². The minimum absolute atomic E-state index is 0.0180. The zero-order valence-electron chi connectivity index (χ0n) is 19.0. The monoisotopic (exact) mass is 486 g/mol. The Morgan fingerprint density at radius 1 is 1.06 bits per heavy atom. The van der Waals surface area contributed by atoms with Gasteiger partial charge in [0, 0.05) is 23.9 Å². The highest BCUT2D eigenvalue weighted by Gasteiger charge is 2.37. The Hall–Kier alpha value is -3.29. The van der Waals surface area contributed by atoms with E-state index in [4.69, 9.17) is 11.6 Å². The lowest BCUT2D eigenvalue weighted by Gasteiger charge is -2.20. The SMILES string of the molecule is Cc1ccc(N(C)C(=O)c2ccc(NC(=O)Cc3ccc(C(F)(F)C(C)O)cc3)cc2)c(Cl)c1. The molecule has 3 aromatic carbocycles. The van der Waals surface area contributed by atoms with Gasteiger partial charge in [-0.05, 0) is 61.4 Å². The van der Waals surface area contributed by atoms with E-state index in [9.17, 15) is 23.5 Å². The second kappa shape index (κ2) is 10.3. The average Bonchev–Trinajstić information content (AvgIpc) is 2.79. The van der Waals surface area contributed by atoms with Gasteiger partial charge in [-0.25, -0.2) is 0 Å². The van der Waals surface area contributed by atoms with Crippen molar-refractivity contribution in [3.63, 3.8) is 0 Å². The molecule has 2 amide bonds. The normalized spacial score (nSPS) is 12.2. The van der Waals surface area contributed by atoms with Gasteiger partial charge in [-0.3, -0.25) is 9.59 Å². The van der Waals surface area contributed by atoms with Crippen LogP contribution in [0.15, 0.2) is 66.7 Å². The third kappa shape index (κ3) is 5.79. The van der Waals surface area contributed by atoms with Gasteiger partial charge >= 0.3 is 0 Å². The quantitative estimate of drug-likeness (QED) is 0.458. The zero-order valence-corrected chi connectivity index (χ0v) is 19.7. The number of halogens is 3. The van der Waals surface area contributed by atoms with Crippen LogP contribution in [0.4, 0.5) is 20.2 Å². The van der Waals surface area contributed by atoms with E-state index < -0.39 is 12.0 Å². The molecule has 0 bridgehead atoms. The number of aryl methyl sites for hydroxylation is 1. The minimum atomic E-state index is -3.36. The van der Waals surface area contributed by atoms with E-state index in [1.54, 1.807) is 43.4 Å². The molecule has 0 saturated heterocycles. The Morgan fingerprint density at radius 3 is 2.24 bits per heavy atom. The van der Waals surface area contributed by atoms with Gasteiger partial charge in [0.15, 0.2) is 0 Å². The third-order valence-corrected chi connectivity index (χ3v) is 5.72. The van der Waals surface area contributed by atoms with Crippen LogP contribution >= 0.6 is 11.6 Å². The molecule has 34 heavy (non-hydrogen) atoms. The van der Waals surface area contributed by atoms with Crippen molar-refractivity contribution < 1.29 is 23.5 Å². The van der Waals surface area contributed by atoms with E-state index in [1.165, 1.54) is 29.2 Å². The maximum Gasteiger partial charge on any atom is 0.298 e. The van der Waals surface area contributed by atoms with Crippen molar-refractivity contribution >= 4 is 34.8 Å². The topological polar surface area (TPSA) is 69.6 Å². The molecule has 0 aromatic heterocycles. The fraction of sp³-hybridized carbons (Fsp3) is 0.231.